The van der Waals surface area contributed by atoms with Crippen LogP contribution in [-0.2, 0) is 6.54 Å². The van der Waals surface area contributed by atoms with Crippen molar-refractivity contribution in [3.63, 3.8) is 0 Å². The minimum absolute atomic E-state index is 0.563. The average molecular weight is 311 g/mol. The minimum atomic E-state index is 0.563. The Bertz CT molecular complexity index is 819. The van der Waals surface area contributed by atoms with E-state index in [4.69, 9.17) is 0 Å². The molecule has 1 N–H and O–H groups in total. The van der Waals surface area contributed by atoms with Gasteiger partial charge >= 0.3 is 0 Å². The van der Waals surface area contributed by atoms with Crippen molar-refractivity contribution in [2.24, 2.45) is 5.92 Å². The molecular formula is C16H21N7. The molecular weight excluding hydrogens is 290 g/mol. The van der Waals surface area contributed by atoms with Gasteiger partial charge in [-0.3, -0.25) is 0 Å². The molecule has 1 aliphatic heterocycles. The number of rotatable bonds is 3. The van der Waals surface area contributed by atoms with Crippen LogP contribution in [0, 0.1) is 19.8 Å². The largest absolute Gasteiger partial charge is 0.356 e. The fraction of sp³-hybridized carbons (Fsp3) is 0.500. The lowest BCUT2D eigenvalue weighted by atomic mass is 9.98. The van der Waals surface area contributed by atoms with E-state index in [1.165, 1.54) is 12.8 Å². The van der Waals surface area contributed by atoms with E-state index in [1.54, 1.807) is 6.33 Å². The third-order valence-electron chi connectivity index (χ3n) is 4.55. The molecule has 1 unspecified atom stereocenters. The molecule has 0 radical (unpaired) electrons. The number of aromatic amines is 1. The number of fused-ring (bicyclic) bond motifs is 1. The van der Waals surface area contributed by atoms with Gasteiger partial charge in [0.15, 0.2) is 0 Å². The second-order valence-electron chi connectivity index (χ2n) is 6.28. The molecule has 4 rings (SSSR count). The van der Waals surface area contributed by atoms with E-state index in [-0.39, 0.29) is 0 Å². The van der Waals surface area contributed by atoms with Gasteiger partial charge in [-0.25, -0.2) is 19.6 Å². The first-order valence-corrected chi connectivity index (χ1v) is 8.12. The maximum atomic E-state index is 4.53. The molecule has 1 saturated heterocycles. The summed E-state index contributed by atoms with van der Waals surface area (Å²) >= 11 is 0. The van der Waals surface area contributed by atoms with Crippen LogP contribution in [0.25, 0.3) is 11.0 Å². The number of hydrogen-bond donors (Lipinski definition) is 1. The number of piperidine rings is 1. The van der Waals surface area contributed by atoms with Crippen molar-refractivity contribution < 1.29 is 0 Å². The highest BCUT2D eigenvalue weighted by molar-refractivity contribution is 5.87. The second-order valence-corrected chi connectivity index (χ2v) is 6.28. The second kappa shape index (κ2) is 5.64. The summed E-state index contributed by atoms with van der Waals surface area (Å²) in [5.74, 6) is 3.44. The summed E-state index contributed by atoms with van der Waals surface area (Å²) in [5.41, 5.74) is 0.903. The van der Waals surface area contributed by atoms with E-state index in [0.717, 1.165) is 48.1 Å². The van der Waals surface area contributed by atoms with Gasteiger partial charge in [0.25, 0.3) is 0 Å². The Balaban J connectivity index is 1.55. The molecule has 23 heavy (non-hydrogen) atoms. The first kappa shape index (κ1) is 14.2. The van der Waals surface area contributed by atoms with Gasteiger partial charge in [0.2, 0.25) is 0 Å². The van der Waals surface area contributed by atoms with Gasteiger partial charge in [-0.15, -0.1) is 0 Å². The highest BCUT2D eigenvalue weighted by Gasteiger charge is 2.23. The molecule has 1 atom stereocenters. The third-order valence-corrected chi connectivity index (χ3v) is 4.55. The van der Waals surface area contributed by atoms with E-state index < -0.39 is 0 Å². The van der Waals surface area contributed by atoms with Crippen molar-refractivity contribution in [1.82, 2.24) is 29.7 Å². The zero-order chi connectivity index (χ0) is 15.8. The Labute approximate surface area is 134 Å². The minimum Gasteiger partial charge on any atom is -0.356 e. The fourth-order valence-electron chi connectivity index (χ4n) is 3.50. The molecule has 0 saturated carbocycles. The van der Waals surface area contributed by atoms with Crippen molar-refractivity contribution in [3.8, 4) is 0 Å². The molecule has 0 spiro atoms. The van der Waals surface area contributed by atoms with Crippen LogP contribution in [0.2, 0.25) is 0 Å². The van der Waals surface area contributed by atoms with Crippen LogP contribution in [0.4, 0.5) is 5.82 Å². The number of nitrogens with zero attached hydrogens (tertiary/aromatic N) is 6. The predicted molar refractivity (Wildman–Crippen MR) is 88.3 cm³/mol. The van der Waals surface area contributed by atoms with Crippen molar-refractivity contribution in [3.05, 3.63) is 30.2 Å². The van der Waals surface area contributed by atoms with Gasteiger partial charge in [0.1, 0.15) is 29.4 Å². The summed E-state index contributed by atoms with van der Waals surface area (Å²) in [4.78, 5) is 18.7. The lowest BCUT2D eigenvalue weighted by molar-refractivity contribution is 0.347. The maximum Gasteiger partial charge on any atom is 0.147 e. The van der Waals surface area contributed by atoms with Gasteiger partial charge in [0.05, 0.1) is 5.39 Å². The number of aryl methyl sites for hydroxylation is 2. The number of aromatic nitrogens is 6. The van der Waals surface area contributed by atoms with Crippen LogP contribution >= 0.6 is 0 Å². The monoisotopic (exact) mass is 311 g/mol. The van der Waals surface area contributed by atoms with Gasteiger partial charge in [-0.05, 0) is 38.7 Å². The molecule has 0 amide bonds. The van der Waals surface area contributed by atoms with Crippen molar-refractivity contribution in [2.45, 2.75) is 33.2 Å². The molecule has 3 aromatic heterocycles. The normalized spacial score (nSPS) is 18.7. The first-order valence-electron chi connectivity index (χ1n) is 8.12. The zero-order valence-corrected chi connectivity index (χ0v) is 13.5. The van der Waals surface area contributed by atoms with E-state index in [2.05, 4.69) is 36.0 Å². The van der Waals surface area contributed by atoms with Crippen molar-refractivity contribution in [1.29, 1.82) is 0 Å². The van der Waals surface area contributed by atoms with E-state index in [0.29, 0.717) is 5.92 Å². The molecule has 4 heterocycles. The number of nitrogens with one attached hydrogen (secondary N) is 1. The van der Waals surface area contributed by atoms with E-state index >= 15 is 0 Å². The summed E-state index contributed by atoms with van der Waals surface area (Å²) in [6.45, 7) is 6.93. The molecule has 0 aliphatic carbocycles. The van der Waals surface area contributed by atoms with Crippen molar-refractivity contribution in [2.75, 3.05) is 18.0 Å². The molecule has 120 valence electrons. The molecule has 3 aromatic rings. The highest BCUT2D eigenvalue weighted by atomic mass is 15.3. The van der Waals surface area contributed by atoms with Crippen LogP contribution in [-0.4, -0.2) is 42.8 Å². The SMILES string of the molecule is Cc1nc(C)n(CC2CCCN(c3ncnc4[nH]ccc34)C2)n1. The summed E-state index contributed by atoms with van der Waals surface area (Å²) in [6, 6.07) is 2.05. The van der Waals surface area contributed by atoms with Crippen LogP contribution in [0.3, 0.4) is 0 Å². The van der Waals surface area contributed by atoms with E-state index in [9.17, 15) is 0 Å². The van der Waals surface area contributed by atoms with Crippen LogP contribution in [0.15, 0.2) is 18.6 Å². The number of anilines is 1. The van der Waals surface area contributed by atoms with Gasteiger partial charge in [-0.1, -0.05) is 0 Å². The van der Waals surface area contributed by atoms with Gasteiger partial charge < -0.3 is 9.88 Å². The molecule has 0 bridgehead atoms. The van der Waals surface area contributed by atoms with Crippen molar-refractivity contribution >= 4 is 16.9 Å². The Morgan fingerprint density at radius 2 is 2.22 bits per heavy atom. The number of hydrogen-bond acceptors (Lipinski definition) is 5. The standard InChI is InChI=1S/C16H21N7/c1-11-20-12(2)23(21-11)9-13-4-3-7-22(8-13)16-14-5-6-17-15(14)18-10-19-16/h5-6,10,13H,3-4,7-9H2,1-2H3,(H,17,18,19). The topological polar surface area (TPSA) is 75.5 Å². The van der Waals surface area contributed by atoms with Crippen LogP contribution in [0.1, 0.15) is 24.5 Å². The summed E-state index contributed by atoms with van der Waals surface area (Å²) in [6.07, 6.45) is 5.96. The Hall–Kier alpha value is -2.44. The smallest absolute Gasteiger partial charge is 0.147 e. The van der Waals surface area contributed by atoms with Gasteiger partial charge in [0, 0.05) is 25.8 Å². The molecule has 7 heteroatoms. The summed E-state index contributed by atoms with van der Waals surface area (Å²) < 4.78 is 2.04. The molecule has 1 fully saturated rings. The van der Waals surface area contributed by atoms with E-state index in [1.807, 2.05) is 24.7 Å². The predicted octanol–water partition coefficient (Wildman–Crippen LogP) is 2.08. The third kappa shape index (κ3) is 2.67. The molecule has 1 aliphatic rings. The lowest BCUT2D eigenvalue weighted by Gasteiger charge is -2.33. The molecule has 0 aromatic carbocycles. The first-order chi connectivity index (χ1) is 11.2. The Morgan fingerprint density at radius 3 is 3.04 bits per heavy atom. The zero-order valence-electron chi connectivity index (χ0n) is 13.5. The van der Waals surface area contributed by atoms with Crippen LogP contribution < -0.4 is 4.90 Å². The lowest BCUT2D eigenvalue weighted by Crippen LogP contribution is -2.38. The molecule has 7 nitrogen and oxygen atoms in total. The Kier molecular flexibility index (Phi) is 3.48. The summed E-state index contributed by atoms with van der Waals surface area (Å²) in [7, 11) is 0. The Morgan fingerprint density at radius 1 is 1.30 bits per heavy atom. The van der Waals surface area contributed by atoms with Crippen LogP contribution in [0.5, 0.6) is 0 Å². The maximum absolute atomic E-state index is 4.53. The fourth-order valence-corrected chi connectivity index (χ4v) is 3.50. The van der Waals surface area contributed by atoms with Gasteiger partial charge in [-0.2, -0.15) is 5.10 Å². The number of H-pyrrole nitrogens is 1. The summed E-state index contributed by atoms with van der Waals surface area (Å²) in [5, 5.41) is 5.60. The average Bonchev–Trinajstić information content (AvgIpc) is 3.14. The highest BCUT2D eigenvalue weighted by Crippen LogP contribution is 2.27. The quantitative estimate of drug-likeness (QED) is 0.801.